The van der Waals surface area contributed by atoms with Gasteiger partial charge < -0.3 is 15.0 Å². The van der Waals surface area contributed by atoms with E-state index in [1.54, 1.807) is 7.11 Å². The number of aromatic nitrogens is 1. The van der Waals surface area contributed by atoms with Crippen LogP contribution in [0.15, 0.2) is 30.3 Å². The molecule has 20 heavy (non-hydrogen) atoms. The third-order valence-electron chi connectivity index (χ3n) is 4.01. The molecular formula is C17H20N2O. The van der Waals surface area contributed by atoms with Crippen LogP contribution in [-0.4, -0.2) is 25.7 Å². The van der Waals surface area contributed by atoms with Crippen molar-refractivity contribution in [3.63, 3.8) is 0 Å². The van der Waals surface area contributed by atoms with Crippen molar-refractivity contribution < 1.29 is 4.74 Å². The molecule has 3 heteroatoms. The molecule has 0 saturated carbocycles. The lowest BCUT2D eigenvalue weighted by molar-refractivity contribution is 0.419. The number of benzene rings is 2. The highest BCUT2D eigenvalue weighted by Crippen LogP contribution is 2.33. The molecule has 0 saturated heterocycles. The summed E-state index contributed by atoms with van der Waals surface area (Å²) in [5.41, 5.74) is 5.02. The lowest BCUT2D eigenvalue weighted by atomic mass is 10.0. The molecule has 0 aliphatic carbocycles. The van der Waals surface area contributed by atoms with Gasteiger partial charge in [-0.3, -0.25) is 0 Å². The van der Waals surface area contributed by atoms with E-state index in [2.05, 4.69) is 35.4 Å². The number of aromatic amines is 1. The van der Waals surface area contributed by atoms with Crippen LogP contribution in [0.3, 0.4) is 0 Å². The van der Waals surface area contributed by atoms with E-state index < -0.39 is 0 Å². The fourth-order valence-electron chi connectivity index (χ4n) is 2.85. The van der Waals surface area contributed by atoms with Crippen molar-refractivity contribution in [2.24, 2.45) is 0 Å². The van der Waals surface area contributed by atoms with Crippen LogP contribution in [0.2, 0.25) is 0 Å². The van der Waals surface area contributed by atoms with Crippen LogP contribution in [-0.2, 0) is 6.42 Å². The average molecular weight is 268 g/mol. The van der Waals surface area contributed by atoms with Gasteiger partial charge in [0.1, 0.15) is 5.75 Å². The van der Waals surface area contributed by atoms with E-state index in [4.69, 9.17) is 4.74 Å². The molecule has 0 bridgehead atoms. The first-order valence-electron chi connectivity index (χ1n) is 6.97. The van der Waals surface area contributed by atoms with E-state index in [-0.39, 0.29) is 0 Å². The van der Waals surface area contributed by atoms with Crippen molar-refractivity contribution in [2.45, 2.75) is 13.3 Å². The summed E-state index contributed by atoms with van der Waals surface area (Å²) in [6.45, 7) is 3.19. The van der Waals surface area contributed by atoms with Crippen molar-refractivity contribution in [1.82, 2.24) is 10.3 Å². The summed E-state index contributed by atoms with van der Waals surface area (Å²) in [5.74, 6) is 0.898. The van der Waals surface area contributed by atoms with Crippen LogP contribution >= 0.6 is 0 Å². The van der Waals surface area contributed by atoms with E-state index in [9.17, 15) is 0 Å². The second kappa shape index (κ2) is 5.17. The van der Waals surface area contributed by atoms with Gasteiger partial charge in [-0.15, -0.1) is 0 Å². The first-order chi connectivity index (χ1) is 9.76. The summed E-state index contributed by atoms with van der Waals surface area (Å²) in [7, 11) is 3.70. The van der Waals surface area contributed by atoms with Crippen LogP contribution in [0.25, 0.3) is 21.8 Å². The van der Waals surface area contributed by atoms with Crippen LogP contribution in [0.5, 0.6) is 5.75 Å². The molecule has 3 aromatic rings. The monoisotopic (exact) mass is 268 g/mol. The summed E-state index contributed by atoms with van der Waals surface area (Å²) >= 11 is 0. The molecule has 104 valence electrons. The maximum Gasteiger partial charge on any atom is 0.142 e. The summed E-state index contributed by atoms with van der Waals surface area (Å²) in [6, 6.07) is 10.6. The Morgan fingerprint density at radius 3 is 2.65 bits per heavy atom. The third kappa shape index (κ3) is 1.95. The van der Waals surface area contributed by atoms with E-state index in [1.165, 1.54) is 27.4 Å². The molecule has 0 unspecified atom stereocenters. The zero-order valence-electron chi connectivity index (χ0n) is 12.2. The molecule has 2 N–H and O–H groups in total. The van der Waals surface area contributed by atoms with E-state index in [1.807, 2.05) is 19.2 Å². The van der Waals surface area contributed by atoms with Gasteiger partial charge in [0.05, 0.1) is 12.6 Å². The number of hydrogen-bond acceptors (Lipinski definition) is 2. The van der Waals surface area contributed by atoms with E-state index in [0.717, 1.165) is 24.2 Å². The topological polar surface area (TPSA) is 37.0 Å². The Balaban J connectivity index is 2.25. The first-order valence-corrected chi connectivity index (χ1v) is 6.97. The smallest absolute Gasteiger partial charge is 0.142 e. The molecule has 0 fully saturated rings. The maximum atomic E-state index is 5.45. The second-order valence-corrected chi connectivity index (χ2v) is 5.13. The Hall–Kier alpha value is -2.00. The maximum absolute atomic E-state index is 5.45. The minimum atomic E-state index is 0.898. The highest BCUT2D eigenvalue weighted by Gasteiger charge is 2.11. The van der Waals surface area contributed by atoms with Crippen LogP contribution in [0.1, 0.15) is 11.1 Å². The van der Waals surface area contributed by atoms with Crippen molar-refractivity contribution in [3.05, 3.63) is 41.5 Å². The molecule has 3 nitrogen and oxygen atoms in total. The zero-order chi connectivity index (χ0) is 14.1. The largest absolute Gasteiger partial charge is 0.495 e. The molecule has 1 aromatic heterocycles. The minimum absolute atomic E-state index is 0.898. The standard InChI is InChI=1S/C17H20N2O/c1-11-12(9-10-18-2)7-8-14-13-5-4-6-15(20-3)17(13)19-16(11)14/h4-8,18-19H,9-10H2,1-3H3. The van der Waals surface area contributed by atoms with Gasteiger partial charge in [0.15, 0.2) is 0 Å². The number of hydrogen-bond donors (Lipinski definition) is 2. The Labute approximate surface area is 118 Å². The Kier molecular flexibility index (Phi) is 3.36. The highest BCUT2D eigenvalue weighted by molar-refractivity contribution is 6.10. The molecule has 0 aliphatic heterocycles. The lowest BCUT2D eigenvalue weighted by Crippen LogP contribution is -2.11. The van der Waals surface area contributed by atoms with Gasteiger partial charge in [0.25, 0.3) is 0 Å². The van der Waals surface area contributed by atoms with Gasteiger partial charge in [-0.25, -0.2) is 0 Å². The number of para-hydroxylation sites is 1. The number of nitrogens with one attached hydrogen (secondary N) is 2. The van der Waals surface area contributed by atoms with Gasteiger partial charge >= 0.3 is 0 Å². The first kappa shape index (κ1) is 13.0. The van der Waals surface area contributed by atoms with Gasteiger partial charge in [0, 0.05) is 16.3 Å². The predicted octanol–water partition coefficient (Wildman–Crippen LogP) is 3.40. The molecule has 0 aliphatic rings. The molecule has 0 amide bonds. The number of fused-ring (bicyclic) bond motifs is 3. The second-order valence-electron chi connectivity index (χ2n) is 5.13. The zero-order valence-corrected chi connectivity index (χ0v) is 12.2. The molecule has 1 heterocycles. The Morgan fingerprint density at radius 1 is 1.10 bits per heavy atom. The van der Waals surface area contributed by atoms with Crippen LogP contribution < -0.4 is 10.1 Å². The number of ether oxygens (including phenoxy) is 1. The molecular weight excluding hydrogens is 248 g/mol. The number of likely N-dealkylation sites (N-methyl/N-ethyl adjacent to an activating group) is 1. The average Bonchev–Trinajstić information content (AvgIpc) is 2.86. The number of H-pyrrole nitrogens is 1. The normalized spacial score (nSPS) is 11.3. The molecule has 0 atom stereocenters. The van der Waals surface area contributed by atoms with E-state index >= 15 is 0 Å². The van der Waals surface area contributed by atoms with Crippen molar-refractivity contribution in [1.29, 1.82) is 0 Å². The number of methoxy groups -OCH3 is 1. The quantitative estimate of drug-likeness (QED) is 0.761. The Morgan fingerprint density at radius 2 is 1.90 bits per heavy atom. The summed E-state index contributed by atoms with van der Waals surface area (Å²) < 4.78 is 5.45. The molecule has 2 aromatic carbocycles. The summed E-state index contributed by atoms with van der Waals surface area (Å²) in [4.78, 5) is 3.54. The Bertz CT molecular complexity index is 758. The number of rotatable bonds is 4. The van der Waals surface area contributed by atoms with Gasteiger partial charge in [-0.05, 0) is 44.1 Å². The van der Waals surface area contributed by atoms with Gasteiger partial charge in [-0.1, -0.05) is 24.3 Å². The fraction of sp³-hybridized carbons (Fsp3) is 0.294. The van der Waals surface area contributed by atoms with Gasteiger partial charge in [0.2, 0.25) is 0 Å². The fourth-order valence-corrected chi connectivity index (χ4v) is 2.85. The van der Waals surface area contributed by atoms with Crippen molar-refractivity contribution in [3.8, 4) is 5.75 Å². The predicted molar refractivity (Wildman–Crippen MR) is 84.7 cm³/mol. The third-order valence-corrected chi connectivity index (χ3v) is 4.01. The van der Waals surface area contributed by atoms with Crippen molar-refractivity contribution >= 4 is 21.8 Å². The van der Waals surface area contributed by atoms with E-state index in [0.29, 0.717) is 0 Å². The van der Waals surface area contributed by atoms with Crippen molar-refractivity contribution in [2.75, 3.05) is 20.7 Å². The van der Waals surface area contributed by atoms with Crippen LogP contribution in [0, 0.1) is 6.92 Å². The lowest BCUT2D eigenvalue weighted by Gasteiger charge is -2.06. The summed E-state index contributed by atoms with van der Waals surface area (Å²) in [6.07, 6.45) is 1.05. The summed E-state index contributed by atoms with van der Waals surface area (Å²) in [5, 5.41) is 5.70. The molecule has 3 rings (SSSR count). The highest BCUT2D eigenvalue weighted by atomic mass is 16.5. The van der Waals surface area contributed by atoms with Gasteiger partial charge in [-0.2, -0.15) is 0 Å². The molecule has 0 radical (unpaired) electrons. The van der Waals surface area contributed by atoms with Crippen LogP contribution in [0.4, 0.5) is 0 Å². The molecule has 0 spiro atoms. The SMILES string of the molecule is CNCCc1ccc2c([nH]c3c(OC)cccc32)c1C. The number of aryl methyl sites for hydroxylation is 1. The minimum Gasteiger partial charge on any atom is -0.495 e.